The molecule has 0 amide bonds. The van der Waals surface area contributed by atoms with Crippen LogP contribution < -0.4 is 29.6 Å². The zero-order chi connectivity index (χ0) is 24.6. The SMILES string of the molecule is COc1cc(Nc2nccc(Nc3cnc4c(c3)OCCO4)n2)ccc1OCCCN1CCOCC1. The van der Waals surface area contributed by atoms with E-state index >= 15 is 0 Å². The van der Waals surface area contributed by atoms with Gasteiger partial charge < -0.3 is 34.3 Å². The van der Waals surface area contributed by atoms with Gasteiger partial charge in [-0.05, 0) is 24.6 Å². The number of anilines is 4. The van der Waals surface area contributed by atoms with Gasteiger partial charge in [0.2, 0.25) is 5.95 Å². The van der Waals surface area contributed by atoms with Crippen LogP contribution in [0.2, 0.25) is 0 Å². The van der Waals surface area contributed by atoms with Crippen LogP contribution in [0.5, 0.6) is 23.1 Å². The fourth-order valence-corrected chi connectivity index (χ4v) is 3.93. The van der Waals surface area contributed by atoms with Crippen molar-refractivity contribution >= 4 is 23.1 Å². The molecule has 0 spiro atoms. The number of nitrogens with zero attached hydrogens (tertiary/aromatic N) is 4. The summed E-state index contributed by atoms with van der Waals surface area (Å²) in [5, 5.41) is 6.44. The van der Waals surface area contributed by atoms with Crippen molar-refractivity contribution < 1.29 is 23.7 Å². The van der Waals surface area contributed by atoms with Crippen molar-refractivity contribution in [3.8, 4) is 23.1 Å². The van der Waals surface area contributed by atoms with E-state index < -0.39 is 0 Å². The van der Waals surface area contributed by atoms with Crippen LogP contribution in [0.15, 0.2) is 42.7 Å². The number of methoxy groups -OCH3 is 1. The van der Waals surface area contributed by atoms with Crippen molar-refractivity contribution in [1.29, 1.82) is 0 Å². The van der Waals surface area contributed by atoms with Gasteiger partial charge in [0.1, 0.15) is 19.0 Å². The maximum atomic E-state index is 5.97. The van der Waals surface area contributed by atoms with Gasteiger partial charge >= 0.3 is 0 Å². The summed E-state index contributed by atoms with van der Waals surface area (Å²) in [7, 11) is 1.63. The van der Waals surface area contributed by atoms with E-state index in [2.05, 4.69) is 30.5 Å². The monoisotopic (exact) mass is 494 g/mol. The molecule has 2 aliphatic rings. The van der Waals surface area contributed by atoms with Gasteiger partial charge in [0.25, 0.3) is 5.88 Å². The number of rotatable bonds is 10. The number of hydrogen-bond acceptors (Lipinski definition) is 11. The summed E-state index contributed by atoms with van der Waals surface area (Å²) in [5.41, 5.74) is 1.52. The van der Waals surface area contributed by atoms with Crippen LogP contribution >= 0.6 is 0 Å². The Hall–Kier alpha value is -3.83. The number of pyridine rings is 1. The summed E-state index contributed by atoms with van der Waals surface area (Å²) in [6.07, 6.45) is 4.29. The first-order chi connectivity index (χ1) is 17.8. The van der Waals surface area contributed by atoms with Crippen molar-refractivity contribution in [3.05, 3.63) is 42.7 Å². The molecule has 3 aromatic rings. The Morgan fingerprint density at radius 3 is 2.72 bits per heavy atom. The van der Waals surface area contributed by atoms with Crippen LogP contribution in [0.25, 0.3) is 0 Å². The van der Waals surface area contributed by atoms with Crippen molar-refractivity contribution in [3.63, 3.8) is 0 Å². The molecular formula is C25H30N6O5. The Balaban J connectivity index is 1.17. The zero-order valence-electron chi connectivity index (χ0n) is 20.2. The molecule has 1 aromatic carbocycles. The number of aromatic nitrogens is 3. The number of nitrogens with one attached hydrogen (secondary N) is 2. The summed E-state index contributed by atoms with van der Waals surface area (Å²) in [5.74, 6) is 3.49. The molecule has 4 heterocycles. The highest BCUT2D eigenvalue weighted by Gasteiger charge is 2.14. The summed E-state index contributed by atoms with van der Waals surface area (Å²) < 4.78 is 28.0. The second-order valence-electron chi connectivity index (χ2n) is 8.26. The smallest absolute Gasteiger partial charge is 0.257 e. The molecule has 0 saturated carbocycles. The van der Waals surface area contributed by atoms with E-state index in [0.717, 1.165) is 50.6 Å². The van der Waals surface area contributed by atoms with Crippen LogP contribution in [0.4, 0.5) is 23.1 Å². The third-order valence-corrected chi connectivity index (χ3v) is 5.73. The van der Waals surface area contributed by atoms with Gasteiger partial charge in [-0.3, -0.25) is 4.90 Å². The van der Waals surface area contributed by atoms with Crippen LogP contribution in [-0.4, -0.2) is 79.6 Å². The van der Waals surface area contributed by atoms with Gasteiger partial charge in [0.05, 0.1) is 38.8 Å². The minimum absolute atomic E-state index is 0.437. The van der Waals surface area contributed by atoms with E-state index in [-0.39, 0.29) is 0 Å². The van der Waals surface area contributed by atoms with Crippen LogP contribution in [-0.2, 0) is 4.74 Å². The molecule has 0 unspecified atom stereocenters. The summed E-state index contributed by atoms with van der Waals surface area (Å²) in [6, 6.07) is 9.27. The molecule has 2 N–H and O–H groups in total. The second-order valence-corrected chi connectivity index (χ2v) is 8.26. The highest BCUT2D eigenvalue weighted by molar-refractivity contribution is 5.63. The van der Waals surface area contributed by atoms with Crippen molar-refractivity contribution in [2.24, 2.45) is 0 Å². The van der Waals surface area contributed by atoms with Crippen LogP contribution in [0.1, 0.15) is 6.42 Å². The molecule has 2 aliphatic heterocycles. The topological polar surface area (TPSA) is 112 Å². The lowest BCUT2D eigenvalue weighted by Gasteiger charge is -2.26. The molecule has 0 aliphatic carbocycles. The van der Waals surface area contributed by atoms with Crippen LogP contribution in [0, 0.1) is 0 Å². The number of fused-ring (bicyclic) bond motifs is 1. The predicted molar refractivity (Wildman–Crippen MR) is 134 cm³/mol. The molecule has 5 rings (SSSR count). The van der Waals surface area contributed by atoms with E-state index in [9.17, 15) is 0 Å². The Morgan fingerprint density at radius 2 is 1.83 bits per heavy atom. The minimum atomic E-state index is 0.437. The highest BCUT2D eigenvalue weighted by atomic mass is 16.6. The second kappa shape index (κ2) is 11.7. The lowest BCUT2D eigenvalue weighted by atomic mass is 10.2. The average molecular weight is 495 g/mol. The predicted octanol–water partition coefficient (Wildman–Crippen LogP) is 3.24. The number of morpholine rings is 1. The van der Waals surface area contributed by atoms with E-state index in [1.54, 1.807) is 25.6 Å². The highest BCUT2D eigenvalue weighted by Crippen LogP contribution is 2.32. The first-order valence-corrected chi connectivity index (χ1v) is 12.0. The normalized spacial score (nSPS) is 15.2. The Labute approximate surface area is 209 Å². The molecule has 0 bridgehead atoms. The molecule has 1 fully saturated rings. The van der Waals surface area contributed by atoms with Gasteiger partial charge in [-0.15, -0.1) is 0 Å². The van der Waals surface area contributed by atoms with Crippen molar-refractivity contribution in [2.45, 2.75) is 6.42 Å². The van der Waals surface area contributed by atoms with Crippen molar-refractivity contribution in [1.82, 2.24) is 19.9 Å². The fraction of sp³-hybridized carbons (Fsp3) is 0.400. The van der Waals surface area contributed by atoms with Gasteiger partial charge in [-0.1, -0.05) is 0 Å². The first-order valence-electron chi connectivity index (χ1n) is 12.0. The number of ether oxygens (including phenoxy) is 5. The molecule has 0 atom stereocenters. The van der Waals surface area contributed by atoms with Gasteiger partial charge in [-0.25, -0.2) is 9.97 Å². The molecular weight excluding hydrogens is 464 g/mol. The fourth-order valence-electron chi connectivity index (χ4n) is 3.93. The number of benzene rings is 1. The average Bonchev–Trinajstić information content (AvgIpc) is 2.92. The van der Waals surface area contributed by atoms with Gasteiger partial charge in [0, 0.05) is 43.7 Å². The van der Waals surface area contributed by atoms with Gasteiger partial charge in [-0.2, -0.15) is 4.98 Å². The molecule has 36 heavy (non-hydrogen) atoms. The van der Waals surface area contributed by atoms with E-state index in [4.69, 9.17) is 23.7 Å². The quantitative estimate of drug-likeness (QED) is 0.405. The first kappa shape index (κ1) is 23.9. The summed E-state index contributed by atoms with van der Waals surface area (Å²) >= 11 is 0. The lowest BCUT2D eigenvalue weighted by Crippen LogP contribution is -2.37. The molecule has 0 radical (unpaired) electrons. The molecule has 2 aromatic heterocycles. The maximum absolute atomic E-state index is 5.97. The third-order valence-electron chi connectivity index (χ3n) is 5.73. The standard InChI is InChI=1S/C25H30N6O5/c1-32-21-15-18(3-4-20(21)34-10-2-7-31-8-11-33-12-9-31)29-25-26-6-5-23(30-25)28-19-16-22-24(27-17-19)36-14-13-35-22/h3-6,15-17H,2,7-14H2,1H3,(H2,26,28,29,30). The third kappa shape index (κ3) is 6.23. The maximum Gasteiger partial charge on any atom is 0.257 e. The van der Waals surface area contributed by atoms with Gasteiger partial charge in [0.15, 0.2) is 17.2 Å². The number of hydrogen-bond donors (Lipinski definition) is 2. The molecule has 1 saturated heterocycles. The van der Waals surface area contributed by atoms with E-state index in [0.29, 0.717) is 54.7 Å². The molecule has 11 nitrogen and oxygen atoms in total. The minimum Gasteiger partial charge on any atom is -0.493 e. The molecule has 190 valence electrons. The zero-order valence-corrected chi connectivity index (χ0v) is 20.2. The van der Waals surface area contributed by atoms with E-state index in [1.807, 2.05) is 24.3 Å². The summed E-state index contributed by atoms with van der Waals surface area (Å²) in [4.78, 5) is 15.5. The van der Waals surface area contributed by atoms with E-state index in [1.165, 1.54) is 0 Å². The lowest BCUT2D eigenvalue weighted by molar-refractivity contribution is 0.0357. The summed E-state index contributed by atoms with van der Waals surface area (Å²) in [6.45, 7) is 6.19. The Kier molecular flexibility index (Phi) is 7.79. The van der Waals surface area contributed by atoms with Crippen molar-refractivity contribution in [2.75, 3.05) is 70.4 Å². The largest absolute Gasteiger partial charge is 0.493 e. The van der Waals surface area contributed by atoms with Crippen LogP contribution in [0.3, 0.4) is 0 Å². The molecule has 11 heteroatoms. The Bertz CT molecular complexity index is 1160. The Morgan fingerprint density at radius 1 is 0.944 bits per heavy atom.